The summed E-state index contributed by atoms with van der Waals surface area (Å²) in [4.78, 5) is 42.9. The van der Waals surface area contributed by atoms with E-state index in [4.69, 9.17) is 0 Å². The summed E-state index contributed by atoms with van der Waals surface area (Å²) in [6.07, 6.45) is -0.442. The summed E-state index contributed by atoms with van der Waals surface area (Å²) >= 11 is 1.78. The summed E-state index contributed by atoms with van der Waals surface area (Å²) in [6, 6.07) is 14.5. The van der Waals surface area contributed by atoms with Crippen molar-refractivity contribution >= 4 is 41.0 Å². The summed E-state index contributed by atoms with van der Waals surface area (Å²) in [5, 5.41) is 7.46. The molecule has 1 aromatic heterocycles. The fourth-order valence-corrected chi connectivity index (χ4v) is 5.95. The summed E-state index contributed by atoms with van der Waals surface area (Å²) in [7, 11) is 1.82. The van der Waals surface area contributed by atoms with Crippen molar-refractivity contribution in [2.75, 3.05) is 16.8 Å². The molecule has 4 heterocycles. The number of anilines is 2. The standard InChI is InChI=1S/C24H21N5O3S/c1-27-21(17-12-33-13-18(17)26-27)25-20(30)10-11-28-22-14-6-2-3-7-15(14)24(32)29(22)19-9-5-4-8-16(19)23(28)31/h2-9,22H,10-13H2,1H3,(H,25,30)/t22-/m0/s1. The second-order valence-electron chi connectivity index (χ2n) is 8.34. The molecule has 3 amide bonds. The molecule has 0 saturated heterocycles. The summed E-state index contributed by atoms with van der Waals surface area (Å²) < 4.78 is 1.71. The summed E-state index contributed by atoms with van der Waals surface area (Å²) in [5.74, 6) is 1.91. The predicted octanol–water partition coefficient (Wildman–Crippen LogP) is 3.31. The molecule has 3 aliphatic rings. The smallest absolute Gasteiger partial charge is 0.260 e. The lowest BCUT2D eigenvalue weighted by Crippen LogP contribution is -2.49. The van der Waals surface area contributed by atoms with E-state index < -0.39 is 6.17 Å². The molecule has 3 aliphatic heterocycles. The largest absolute Gasteiger partial charge is 0.313 e. The van der Waals surface area contributed by atoms with Crippen LogP contribution in [0.1, 0.15) is 50.1 Å². The number of aromatic nitrogens is 2. The zero-order valence-electron chi connectivity index (χ0n) is 17.9. The van der Waals surface area contributed by atoms with Crippen LogP contribution in [0.15, 0.2) is 48.5 Å². The van der Waals surface area contributed by atoms with Crippen LogP contribution in [0.3, 0.4) is 0 Å². The van der Waals surface area contributed by atoms with Crippen LogP contribution in [-0.2, 0) is 23.3 Å². The van der Waals surface area contributed by atoms with Crippen molar-refractivity contribution in [2.24, 2.45) is 7.05 Å². The Morgan fingerprint density at radius 1 is 1.06 bits per heavy atom. The number of benzene rings is 2. The number of thioether (sulfide) groups is 1. The van der Waals surface area contributed by atoms with Gasteiger partial charge in [-0.05, 0) is 18.2 Å². The second kappa shape index (κ2) is 7.48. The van der Waals surface area contributed by atoms with Gasteiger partial charge in [0.25, 0.3) is 11.8 Å². The van der Waals surface area contributed by atoms with Gasteiger partial charge in [0.1, 0.15) is 12.0 Å². The normalized spacial score (nSPS) is 18.2. The van der Waals surface area contributed by atoms with Crippen LogP contribution in [0.25, 0.3) is 0 Å². The number of rotatable bonds is 4. The molecule has 0 fully saturated rings. The SMILES string of the molecule is Cn1nc2c(c1NC(=O)CCN1C(=O)c3ccccc3N3C(=O)c4ccccc4[C@@H]13)CSC2. The lowest BCUT2D eigenvalue weighted by atomic mass is 10.0. The minimum absolute atomic E-state index is 0.113. The van der Waals surface area contributed by atoms with Crippen LogP contribution in [0.2, 0.25) is 0 Å². The van der Waals surface area contributed by atoms with E-state index in [9.17, 15) is 14.4 Å². The fourth-order valence-electron chi connectivity index (χ4n) is 4.91. The summed E-state index contributed by atoms with van der Waals surface area (Å²) in [6.45, 7) is 0.191. The maximum Gasteiger partial charge on any atom is 0.260 e. The molecule has 3 aromatic rings. The number of amides is 3. The van der Waals surface area contributed by atoms with E-state index in [0.29, 0.717) is 16.8 Å². The van der Waals surface area contributed by atoms with E-state index in [2.05, 4.69) is 10.4 Å². The highest BCUT2D eigenvalue weighted by Gasteiger charge is 2.47. The first-order chi connectivity index (χ1) is 16.0. The van der Waals surface area contributed by atoms with E-state index >= 15 is 0 Å². The fraction of sp³-hybridized carbons (Fsp3) is 0.250. The average Bonchev–Trinajstić information content (AvgIpc) is 3.48. The van der Waals surface area contributed by atoms with Crippen LogP contribution in [0, 0.1) is 0 Å². The van der Waals surface area contributed by atoms with Crippen LogP contribution in [0.4, 0.5) is 11.5 Å². The third-order valence-corrected chi connectivity index (χ3v) is 7.40. The number of nitrogens with zero attached hydrogens (tertiary/aromatic N) is 4. The third-order valence-electron chi connectivity index (χ3n) is 6.43. The highest BCUT2D eigenvalue weighted by molar-refractivity contribution is 7.98. The van der Waals surface area contributed by atoms with Crippen molar-refractivity contribution in [3.05, 3.63) is 76.5 Å². The Balaban J connectivity index is 1.29. The first-order valence-electron chi connectivity index (χ1n) is 10.8. The molecule has 8 nitrogen and oxygen atoms in total. The Bertz CT molecular complexity index is 1330. The quantitative estimate of drug-likeness (QED) is 0.647. The second-order valence-corrected chi connectivity index (χ2v) is 9.33. The molecule has 0 aliphatic carbocycles. The van der Waals surface area contributed by atoms with E-state index in [-0.39, 0.29) is 30.7 Å². The average molecular weight is 460 g/mol. The van der Waals surface area contributed by atoms with Crippen LogP contribution < -0.4 is 10.2 Å². The minimum atomic E-state index is -0.554. The molecule has 0 radical (unpaired) electrons. The minimum Gasteiger partial charge on any atom is -0.313 e. The zero-order valence-corrected chi connectivity index (χ0v) is 18.8. The highest BCUT2D eigenvalue weighted by atomic mass is 32.2. The molecule has 1 N–H and O–H groups in total. The van der Waals surface area contributed by atoms with Gasteiger partial charge in [-0.25, -0.2) is 0 Å². The molecule has 33 heavy (non-hydrogen) atoms. The lowest BCUT2D eigenvalue weighted by Gasteiger charge is -2.40. The summed E-state index contributed by atoms with van der Waals surface area (Å²) in [5.41, 5.74) is 4.53. The topological polar surface area (TPSA) is 87.5 Å². The van der Waals surface area contributed by atoms with Crippen LogP contribution in [-0.4, -0.2) is 38.9 Å². The van der Waals surface area contributed by atoms with Crippen molar-refractivity contribution in [1.82, 2.24) is 14.7 Å². The van der Waals surface area contributed by atoms with E-state index in [0.717, 1.165) is 34.1 Å². The molecule has 0 bridgehead atoms. The van der Waals surface area contributed by atoms with Gasteiger partial charge in [0.2, 0.25) is 5.91 Å². The van der Waals surface area contributed by atoms with Gasteiger partial charge in [-0.2, -0.15) is 16.9 Å². The van der Waals surface area contributed by atoms with E-state index in [1.54, 1.807) is 50.5 Å². The molecule has 0 saturated carbocycles. The van der Waals surface area contributed by atoms with Crippen molar-refractivity contribution in [2.45, 2.75) is 24.1 Å². The zero-order chi connectivity index (χ0) is 22.7. The molecule has 166 valence electrons. The molecule has 6 rings (SSSR count). The van der Waals surface area contributed by atoms with Gasteiger partial charge in [0.15, 0.2) is 0 Å². The number of nitrogens with one attached hydrogen (secondary N) is 1. The Morgan fingerprint density at radius 3 is 2.67 bits per heavy atom. The number of para-hydroxylation sites is 1. The lowest BCUT2D eigenvalue weighted by molar-refractivity contribution is -0.116. The van der Waals surface area contributed by atoms with Gasteiger partial charge >= 0.3 is 0 Å². The van der Waals surface area contributed by atoms with Crippen molar-refractivity contribution in [1.29, 1.82) is 0 Å². The molecule has 2 aromatic carbocycles. The molecular weight excluding hydrogens is 438 g/mol. The molecular formula is C24H21N5O3S. The van der Waals surface area contributed by atoms with Gasteiger partial charge in [-0.1, -0.05) is 30.3 Å². The van der Waals surface area contributed by atoms with Crippen LogP contribution >= 0.6 is 11.8 Å². The Labute approximate surface area is 194 Å². The van der Waals surface area contributed by atoms with Crippen molar-refractivity contribution in [3.63, 3.8) is 0 Å². The number of hydrogen-bond acceptors (Lipinski definition) is 5. The van der Waals surface area contributed by atoms with Gasteiger partial charge in [-0.15, -0.1) is 0 Å². The van der Waals surface area contributed by atoms with Gasteiger partial charge in [-0.3, -0.25) is 24.0 Å². The predicted molar refractivity (Wildman–Crippen MR) is 125 cm³/mol. The van der Waals surface area contributed by atoms with E-state index in [1.165, 1.54) is 0 Å². The Morgan fingerprint density at radius 2 is 1.82 bits per heavy atom. The Kier molecular flexibility index (Phi) is 4.55. The number of hydrogen-bond donors (Lipinski definition) is 1. The first-order valence-corrected chi connectivity index (χ1v) is 11.9. The molecule has 0 spiro atoms. The Hall–Kier alpha value is -3.59. The third kappa shape index (κ3) is 2.99. The molecule has 1 atom stereocenters. The van der Waals surface area contributed by atoms with Crippen molar-refractivity contribution < 1.29 is 14.4 Å². The monoisotopic (exact) mass is 459 g/mol. The number of fused-ring (bicyclic) bond motifs is 6. The van der Waals surface area contributed by atoms with E-state index in [1.807, 2.05) is 31.3 Å². The number of carbonyl (C=O) groups is 3. The van der Waals surface area contributed by atoms with Crippen LogP contribution in [0.5, 0.6) is 0 Å². The molecule has 9 heteroatoms. The molecule has 0 unspecified atom stereocenters. The first kappa shape index (κ1) is 20.0. The van der Waals surface area contributed by atoms with Gasteiger partial charge in [0.05, 0.1) is 16.9 Å². The maximum absolute atomic E-state index is 13.5. The number of aryl methyl sites for hydroxylation is 1. The van der Waals surface area contributed by atoms with Gasteiger partial charge in [0, 0.05) is 48.2 Å². The maximum atomic E-state index is 13.5. The van der Waals surface area contributed by atoms with Crippen molar-refractivity contribution in [3.8, 4) is 0 Å². The number of carbonyl (C=O) groups excluding carboxylic acids is 3. The van der Waals surface area contributed by atoms with Gasteiger partial charge < -0.3 is 10.2 Å². The highest BCUT2D eigenvalue weighted by Crippen LogP contribution is 2.45.